The average Bonchev–Trinajstić information content (AvgIpc) is 2.92. The molecule has 0 fully saturated rings. The molecule has 1 heterocycles. The second kappa shape index (κ2) is 8.71. The van der Waals surface area contributed by atoms with Crippen LogP contribution in [0.1, 0.15) is 39.0 Å². The van der Waals surface area contributed by atoms with E-state index in [1.54, 1.807) is 11.3 Å². The molecule has 2 rings (SSSR count). The van der Waals surface area contributed by atoms with Crippen LogP contribution < -0.4 is 0 Å². The van der Waals surface area contributed by atoms with Gasteiger partial charge in [0, 0.05) is 21.7 Å². The molecule has 1 nitrogen and oxygen atoms in total. The van der Waals surface area contributed by atoms with Crippen LogP contribution in [0.4, 0.5) is 0 Å². The molecule has 0 saturated heterocycles. The third-order valence-corrected chi connectivity index (χ3v) is 5.46. The fourth-order valence-corrected chi connectivity index (χ4v) is 3.97. The summed E-state index contributed by atoms with van der Waals surface area (Å²) in [5.74, 6) is 1.18. The van der Waals surface area contributed by atoms with Gasteiger partial charge in [-0.25, -0.2) is 4.98 Å². The van der Waals surface area contributed by atoms with Gasteiger partial charge in [-0.15, -0.1) is 11.3 Å². The molecule has 0 N–H and O–H groups in total. The summed E-state index contributed by atoms with van der Waals surface area (Å²) in [4.78, 5) is 4.68. The summed E-state index contributed by atoms with van der Waals surface area (Å²) in [6, 6.07) is 7.88. The van der Waals surface area contributed by atoms with E-state index in [0.29, 0.717) is 0 Å². The van der Waals surface area contributed by atoms with Crippen molar-refractivity contribution >= 4 is 34.7 Å². The van der Waals surface area contributed by atoms with Crippen molar-refractivity contribution in [1.29, 1.82) is 0 Å². The molecule has 0 radical (unpaired) electrons. The molecule has 1 aromatic heterocycles. The first kappa shape index (κ1) is 15.9. The number of unbranched alkanes of at least 4 members (excludes halogenated alkanes) is 4. The van der Waals surface area contributed by atoms with Gasteiger partial charge in [-0.2, -0.15) is 0 Å². The number of thioether (sulfide) groups is 1. The highest BCUT2D eigenvalue weighted by atomic mass is 35.5. The SMILES string of the molecule is CCCCCCCSc1nc(-c2ccc(Cl)cc2)cs1. The van der Waals surface area contributed by atoms with E-state index in [4.69, 9.17) is 11.6 Å². The number of rotatable bonds is 8. The highest BCUT2D eigenvalue weighted by molar-refractivity contribution is 8.01. The van der Waals surface area contributed by atoms with Crippen molar-refractivity contribution in [3.05, 3.63) is 34.7 Å². The third-order valence-electron chi connectivity index (χ3n) is 3.10. The Morgan fingerprint density at radius 2 is 1.85 bits per heavy atom. The lowest BCUT2D eigenvalue weighted by atomic mass is 10.2. The van der Waals surface area contributed by atoms with Gasteiger partial charge in [-0.05, 0) is 18.6 Å². The fourth-order valence-electron chi connectivity index (χ4n) is 1.94. The second-order valence-electron chi connectivity index (χ2n) is 4.77. The molecule has 20 heavy (non-hydrogen) atoms. The lowest BCUT2D eigenvalue weighted by Crippen LogP contribution is -1.82. The molecule has 108 valence electrons. The molecule has 2 aromatic rings. The predicted molar refractivity (Wildman–Crippen MR) is 92.0 cm³/mol. The van der Waals surface area contributed by atoms with E-state index < -0.39 is 0 Å². The Labute approximate surface area is 134 Å². The summed E-state index contributed by atoms with van der Waals surface area (Å²) in [5.41, 5.74) is 2.19. The Balaban J connectivity index is 1.79. The molecular formula is C16H20ClNS2. The van der Waals surface area contributed by atoms with Gasteiger partial charge in [0.05, 0.1) is 5.69 Å². The van der Waals surface area contributed by atoms with Crippen LogP contribution in [0.15, 0.2) is 34.0 Å². The van der Waals surface area contributed by atoms with Crippen molar-refractivity contribution in [3.8, 4) is 11.3 Å². The molecule has 0 aliphatic rings. The molecule has 0 saturated carbocycles. The molecule has 0 spiro atoms. The van der Waals surface area contributed by atoms with Crippen LogP contribution in [0.25, 0.3) is 11.3 Å². The summed E-state index contributed by atoms with van der Waals surface area (Å²) in [6.07, 6.45) is 6.68. The molecule has 4 heteroatoms. The molecule has 0 atom stereocenters. The van der Waals surface area contributed by atoms with Crippen LogP contribution in [-0.2, 0) is 0 Å². The van der Waals surface area contributed by atoms with Crippen molar-refractivity contribution < 1.29 is 0 Å². The van der Waals surface area contributed by atoms with Crippen molar-refractivity contribution in [2.45, 2.75) is 43.4 Å². The monoisotopic (exact) mass is 325 g/mol. The van der Waals surface area contributed by atoms with Gasteiger partial charge in [-0.3, -0.25) is 0 Å². The van der Waals surface area contributed by atoms with E-state index >= 15 is 0 Å². The second-order valence-corrected chi connectivity index (χ2v) is 7.40. The Bertz CT molecular complexity index is 507. The van der Waals surface area contributed by atoms with E-state index in [1.807, 2.05) is 36.0 Å². The summed E-state index contributed by atoms with van der Waals surface area (Å²) < 4.78 is 1.17. The summed E-state index contributed by atoms with van der Waals surface area (Å²) in [7, 11) is 0. The number of hydrogen-bond donors (Lipinski definition) is 0. The highest BCUT2D eigenvalue weighted by Crippen LogP contribution is 2.29. The van der Waals surface area contributed by atoms with Gasteiger partial charge in [0.15, 0.2) is 4.34 Å². The smallest absolute Gasteiger partial charge is 0.150 e. The summed E-state index contributed by atoms with van der Waals surface area (Å²) in [6.45, 7) is 2.25. The van der Waals surface area contributed by atoms with E-state index in [0.717, 1.165) is 16.3 Å². The number of benzene rings is 1. The normalized spacial score (nSPS) is 10.9. The zero-order valence-corrected chi connectivity index (χ0v) is 14.2. The number of nitrogens with zero attached hydrogens (tertiary/aromatic N) is 1. The van der Waals surface area contributed by atoms with Crippen LogP contribution in [0.5, 0.6) is 0 Å². The van der Waals surface area contributed by atoms with E-state index in [2.05, 4.69) is 17.3 Å². The van der Waals surface area contributed by atoms with Crippen molar-refractivity contribution in [2.24, 2.45) is 0 Å². The number of aromatic nitrogens is 1. The molecule has 0 aliphatic carbocycles. The third kappa shape index (κ3) is 5.12. The van der Waals surface area contributed by atoms with Gasteiger partial charge in [0.1, 0.15) is 0 Å². The van der Waals surface area contributed by atoms with Crippen molar-refractivity contribution in [2.75, 3.05) is 5.75 Å². The quantitative estimate of drug-likeness (QED) is 0.404. The molecule has 0 bridgehead atoms. The van der Waals surface area contributed by atoms with Gasteiger partial charge in [-0.1, -0.05) is 68.1 Å². The maximum absolute atomic E-state index is 5.90. The van der Waals surface area contributed by atoms with Gasteiger partial charge < -0.3 is 0 Å². The van der Waals surface area contributed by atoms with E-state index in [9.17, 15) is 0 Å². The highest BCUT2D eigenvalue weighted by Gasteiger charge is 2.05. The minimum Gasteiger partial charge on any atom is -0.230 e. The average molecular weight is 326 g/mol. The van der Waals surface area contributed by atoms with Gasteiger partial charge in [0.2, 0.25) is 0 Å². The first-order chi connectivity index (χ1) is 9.79. The lowest BCUT2D eigenvalue weighted by molar-refractivity contribution is 0.659. The Morgan fingerprint density at radius 1 is 1.10 bits per heavy atom. The molecule has 0 unspecified atom stereocenters. The standard InChI is InChI=1S/C16H20ClNS2/c1-2-3-4-5-6-11-19-16-18-15(12-20-16)13-7-9-14(17)10-8-13/h7-10,12H,2-6,11H2,1H3. The molecule has 0 aliphatic heterocycles. The van der Waals surface area contributed by atoms with Crippen molar-refractivity contribution in [1.82, 2.24) is 4.98 Å². The van der Waals surface area contributed by atoms with Gasteiger partial charge >= 0.3 is 0 Å². The summed E-state index contributed by atoms with van der Waals surface area (Å²) >= 11 is 9.52. The first-order valence-corrected chi connectivity index (χ1v) is 9.38. The Morgan fingerprint density at radius 3 is 2.60 bits per heavy atom. The number of thiazole rings is 1. The lowest BCUT2D eigenvalue weighted by Gasteiger charge is -1.99. The molecule has 1 aromatic carbocycles. The van der Waals surface area contributed by atoms with Crippen LogP contribution >= 0.6 is 34.7 Å². The first-order valence-electron chi connectivity index (χ1n) is 7.14. The van der Waals surface area contributed by atoms with Crippen LogP contribution in [-0.4, -0.2) is 10.7 Å². The maximum atomic E-state index is 5.90. The largest absolute Gasteiger partial charge is 0.230 e. The Hall–Kier alpha value is -0.510. The zero-order valence-electron chi connectivity index (χ0n) is 11.8. The van der Waals surface area contributed by atoms with E-state index in [1.165, 1.54) is 42.2 Å². The number of hydrogen-bond acceptors (Lipinski definition) is 3. The van der Waals surface area contributed by atoms with Crippen LogP contribution in [0, 0.1) is 0 Å². The Kier molecular flexibility index (Phi) is 6.91. The molecule has 0 amide bonds. The van der Waals surface area contributed by atoms with Crippen LogP contribution in [0.2, 0.25) is 5.02 Å². The predicted octanol–water partition coefficient (Wildman–Crippen LogP) is 6.53. The van der Waals surface area contributed by atoms with Gasteiger partial charge in [0.25, 0.3) is 0 Å². The molecular weight excluding hydrogens is 306 g/mol. The fraction of sp³-hybridized carbons (Fsp3) is 0.438. The van der Waals surface area contributed by atoms with Crippen molar-refractivity contribution in [3.63, 3.8) is 0 Å². The zero-order chi connectivity index (χ0) is 14.2. The minimum absolute atomic E-state index is 0.769. The topological polar surface area (TPSA) is 12.9 Å². The van der Waals surface area contributed by atoms with Crippen LogP contribution in [0.3, 0.4) is 0 Å². The number of halogens is 1. The summed E-state index contributed by atoms with van der Waals surface area (Å²) in [5, 5.41) is 2.90. The minimum atomic E-state index is 0.769. The van der Waals surface area contributed by atoms with E-state index in [-0.39, 0.29) is 0 Å². The maximum Gasteiger partial charge on any atom is 0.150 e.